The van der Waals surface area contributed by atoms with Crippen molar-refractivity contribution in [1.29, 1.82) is 0 Å². The van der Waals surface area contributed by atoms with E-state index in [4.69, 9.17) is 11.6 Å². The van der Waals surface area contributed by atoms with E-state index in [1.807, 2.05) is 47.0 Å². The third kappa shape index (κ3) is 2.84. The summed E-state index contributed by atoms with van der Waals surface area (Å²) in [6.45, 7) is 1.78. The van der Waals surface area contributed by atoms with E-state index >= 15 is 0 Å². The fourth-order valence-corrected chi connectivity index (χ4v) is 3.63. The van der Waals surface area contributed by atoms with E-state index in [1.54, 1.807) is 18.3 Å². The number of imidazole rings is 1. The molecule has 1 aromatic carbocycles. The average Bonchev–Trinajstić information content (AvgIpc) is 3.22. The Bertz CT molecular complexity index is 1000. The van der Waals surface area contributed by atoms with Crippen LogP contribution >= 0.6 is 22.9 Å². The average molecular weight is 355 g/mol. The van der Waals surface area contributed by atoms with Gasteiger partial charge in [-0.1, -0.05) is 23.7 Å². The van der Waals surface area contributed by atoms with Gasteiger partial charge < -0.3 is 9.51 Å². The number of benzene rings is 1. The first-order chi connectivity index (χ1) is 11.6. The molecule has 4 aromatic rings. The smallest absolute Gasteiger partial charge is 0.137 e. The highest BCUT2D eigenvalue weighted by molar-refractivity contribution is 7.10. The highest BCUT2D eigenvalue weighted by atomic mass is 35.5. The standard InChI is InChI=1S/C19H15ClN2OS/c1-12(23)18-8-15(11-24-18)14-4-7-19-21-17(10-22(19)9-14)13-2-5-16(20)6-3-13/h2-12,23H,1H3. The molecule has 5 heteroatoms. The lowest BCUT2D eigenvalue weighted by molar-refractivity contribution is 0.203. The summed E-state index contributed by atoms with van der Waals surface area (Å²) in [5, 5.41) is 12.5. The number of halogens is 1. The maximum atomic E-state index is 9.69. The van der Waals surface area contributed by atoms with E-state index in [0.29, 0.717) is 0 Å². The summed E-state index contributed by atoms with van der Waals surface area (Å²) in [6.07, 6.45) is 3.65. The lowest BCUT2D eigenvalue weighted by atomic mass is 10.1. The largest absolute Gasteiger partial charge is 0.388 e. The van der Waals surface area contributed by atoms with Crippen molar-refractivity contribution in [2.24, 2.45) is 0 Å². The summed E-state index contributed by atoms with van der Waals surface area (Å²) < 4.78 is 2.03. The summed E-state index contributed by atoms with van der Waals surface area (Å²) in [4.78, 5) is 5.63. The molecule has 3 nitrogen and oxygen atoms in total. The number of pyridine rings is 1. The van der Waals surface area contributed by atoms with Gasteiger partial charge >= 0.3 is 0 Å². The molecule has 120 valence electrons. The van der Waals surface area contributed by atoms with Crippen LogP contribution in [0.25, 0.3) is 28.0 Å². The number of hydrogen-bond donors (Lipinski definition) is 1. The molecule has 0 aliphatic carbocycles. The third-order valence-electron chi connectivity index (χ3n) is 3.96. The minimum Gasteiger partial charge on any atom is -0.388 e. The van der Waals surface area contributed by atoms with Crippen molar-refractivity contribution in [3.8, 4) is 22.4 Å². The van der Waals surface area contributed by atoms with Gasteiger partial charge in [0.05, 0.1) is 11.8 Å². The molecule has 24 heavy (non-hydrogen) atoms. The van der Waals surface area contributed by atoms with Gasteiger partial charge in [0.25, 0.3) is 0 Å². The molecule has 0 amide bonds. The topological polar surface area (TPSA) is 37.5 Å². The first kappa shape index (κ1) is 15.4. The predicted molar refractivity (Wildman–Crippen MR) is 99.6 cm³/mol. The molecule has 0 aliphatic rings. The van der Waals surface area contributed by atoms with Crippen molar-refractivity contribution in [2.75, 3.05) is 0 Å². The summed E-state index contributed by atoms with van der Waals surface area (Å²) in [7, 11) is 0. The van der Waals surface area contributed by atoms with Crippen molar-refractivity contribution in [3.63, 3.8) is 0 Å². The molecule has 0 saturated heterocycles. The van der Waals surface area contributed by atoms with Crippen molar-refractivity contribution in [1.82, 2.24) is 9.38 Å². The maximum absolute atomic E-state index is 9.69. The van der Waals surface area contributed by atoms with Crippen molar-refractivity contribution in [3.05, 3.63) is 70.1 Å². The van der Waals surface area contributed by atoms with Crippen LogP contribution in [0.1, 0.15) is 17.9 Å². The van der Waals surface area contributed by atoms with Crippen LogP contribution in [0.2, 0.25) is 5.02 Å². The Morgan fingerprint density at radius 1 is 1.04 bits per heavy atom. The Balaban J connectivity index is 1.74. The molecule has 1 atom stereocenters. The predicted octanol–water partition coefficient (Wildman–Crippen LogP) is 5.44. The molecular formula is C19H15ClN2OS. The zero-order valence-corrected chi connectivity index (χ0v) is 14.6. The number of fused-ring (bicyclic) bond motifs is 1. The second-order valence-electron chi connectivity index (χ2n) is 5.73. The summed E-state index contributed by atoms with van der Waals surface area (Å²) >= 11 is 7.52. The number of aliphatic hydroxyl groups excluding tert-OH is 1. The third-order valence-corrected chi connectivity index (χ3v) is 5.31. The van der Waals surface area contributed by atoms with Crippen LogP contribution in [0.15, 0.2) is 60.2 Å². The van der Waals surface area contributed by atoms with Crippen LogP contribution in [0, 0.1) is 0 Å². The first-order valence-electron chi connectivity index (χ1n) is 7.62. The molecule has 3 aromatic heterocycles. The Morgan fingerprint density at radius 3 is 2.50 bits per heavy atom. The van der Waals surface area contributed by atoms with Gasteiger partial charge in [0.15, 0.2) is 0 Å². The lowest BCUT2D eigenvalue weighted by Gasteiger charge is -2.00. The molecule has 3 heterocycles. The van der Waals surface area contributed by atoms with E-state index in [9.17, 15) is 5.11 Å². The van der Waals surface area contributed by atoms with Crippen LogP contribution in [-0.2, 0) is 0 Å². The highest BCUT2D eigenvalue weighted by Crippen LogP contribution is 2.30. The maximum Gasteiger partial charge on any atom is 0.137 e. The second-order valence-corrected chi connectivity index (χ2v) is 7.11. The van der Waals surface area contributed by atoms with Gasteiger partial charge in [-0.2, -0.15) is 0 Å². The van der Waals surface area contributed by atoms with Crippen LogP contribution in [0.4, 0.5) is 0 Å². The van der Waals surface area contributed by atoms with Gasteiger partial charge in [0.1, 0.15) is 5.65 Å². The summed E-state index contributed by atoms with van der Waals surface area (Å²) in [5.74, 6) is 0. The Labute approximate surface area is 148 Å². The van der Waals surface area contributed by atoms with Crippen molar-refractivity contribution >= 4 is 28.6 Å². The second kappa shape index (κ2) is 6.06. The Hall–Kier alpha value is -2.14. The van der Waals surface area contributed by atoms with Gasteiger partial charge in [0.2, 0.25) is 0 Å². The fourth-order valence-electron chi connectivity index (χ4n) is 2.65. The summed E-state index contributed by atoms with van der Waals surface area (Å²) in [5.41, 5.74) is 5.07. The van der Waals surface area contributed by atoms with Gasteiger partial charge in [-0.3, -0.25) is 0 Å². The molecule has 0 fully saturated rings. The Morgan fingerprint density at radius 2 is 1.79 bits per heavy atom. The van der Waals surface area contributed by atoms with Gasteiger partial charge in [-0.05, 0) is 53.8 Å². The quantitative estimate of drug-likeness (QED) is 0.532. The van der Waals surface area contributed by atoms with E-state index in [-0.39, 0.29) is 0 Å². The van der Waals surface area contributed by atoms with E-state index in [1.165, 1.54) is 0 Å². The van der Waals surface area contributed by atoms with Crippen LogP contribution < -0.4 is 0 Å². The van der Waals surface area contributed by atoms with Crippen LogP contribution in [0.3, 0.4) is 0 Å². The molecule has 0 saturated carbocycles. The van der Waals surface area contributed by atoms with Gasteiger partial charge in [-0.15, -0.1) is 11.3 Å². The SMILES string of the molecule is CC(O)c1cc(-c2ccc3nc(-c4ccc(Cl)cc4)cn3c2)cs1. The lowest BCUT2D eigenvalue weighted by Crippen LogP contribution is -1.85. The summed E-state index contributed by atoms with van der Waals surface area (Å²) in [6, 6.07) is 13.8. The molecule has 0 aliphatic heterocycles. The number of aromatic nitrogens is 2. The first-order valence-corrected chi connectivity index (χ1v) is 8.87. The zero-order valence-electron chi connectivity index (χ0n) is 13.0. The molecule has 0 radical (unpaired) electrons. The molecule has 4 rings (SSSR count). The number of aliphatic hydroxyl groups is 1. The van der Waals surface area contributed by atoms with Crippen LogP contribution in [-0.4, -0.2) is 14.5 Å². The van der Waals surface area contributed by atoms with E-state index < -0.39 is 6.10 Å². The zero-order chi connectivity index (χ0) is 16.7. The fraction of sp³-hybridized carbons (Fsp3) is 0.105. The molecule has 0 bridgehead atoms. The molecule has 1 unspecified atom stereocenters. The molecule has 0 spiro atoms. The number of thiophene rings is 1. The number of rotatable bonds is 3. The Kier molecular flexibility index (Phi) is 3.88. The molecule has 1 N–H and O–H groups in total. The van der Waals surface area contributed by atoms with Gasteiger partial charge in [-0.25, -0.2) is 4.98 Å². The van der Waals surface area contributed by atoms with E-state index in [0.717, 1.165) is 37.9 Å². The van der Waals surface area contributed by atoms with Crippen molar-refractivity contribution < 1.29 is 5.11 Å². The normalized spacial score (nSPS) is 12.6. The number of nitrogens with zero attached hydrogens (tertiary/aromatic N) is 2. The monoisotopic (exact) mass is 354 g/mol. The van der Waals surface area contributed by atoms with Crippen LogP contribution in [0.5, 0.6) is 0 Å². The minimum atomic E-state index is -0.433. The minimum absolute atomic E-state index is 0.433. The number of hydrogen-bond acceptors (Lipinski definition) is 3. The van der Waals surface area contributed by atoms with Gasteiger partial charge in [0, 0.05) is 27.9 Å². The van der Waals surface area contributed by atoms with Crippen molar-refractivity contribution in [2.45, 2.75) is 13.0 Å². The molecular weight excluding hydrogens is 340 g/mol. The highest BCUT2D eigenvalue weighted by Gasteiger charge is 2.09. The van der Waals surface area contributed by atoms with E-state index in [2.05, 4.69) is 22.6 Å².